The Morgan fingerprint density at radius 1 is 1.38 bits per heavy atom. The molecule has 120 valence electrons. The molecule has 5 nitrogen and oxygen atoms in total. The van der Waals surface area contributed by atoms with Crippen molar-refractivity contribution in [2.75, 3.05) is 6.54 Å². The van der Waals surface area contributed by atoms with Gasteiger partial charge in [0.25, 0.3) is 0 Å². The Hall–Kier alpha value is -0.850. The molecule has 0 aliphatic carbocycles. The minimum absolute atomic E-state index is 0.0940. The summed E-state index contributed by atoms with van der Waals surface area (Å²) in [5.41, 5.74) is 0.918. The summed E-state index contributed by atoms with van der Waals surface area (Å²) >= 11 is 0. The van der Waals surface area contributed by atoms with Crippen molar-refractivity contribution in [3.05, 3.63) is 18.0 Å². The summed E-state index contributed by atoms with van der Waals surface area (Å²) < 4.78 is 27.4. The second-order valence-corrected chi connectivity index (χ2v) is 7.70. The topological polar surface area (TPSA) is 65.2 Å². The van der Waals surface area contributed by atoms with Crippen LogP contribution in [0.15, 0.2) is 17.2 Å². The maximum Gasteiger partial charge on any atom is 0.245 e. The van der Waals surface area contributed by atoms with E-state index in [0.29, 0.717) is 11.4 Å². The zero-order valence-corrected chi connectivity index (χ0v) is 14.0. The minimum atomic E-state index is -3.38. The highest BCUT2D eigenvalue weighted by molar-refractivity contribution is 7.89. The molecule has 21 heavy (non-hydrogen) atoms. The SMILES string of the molecule is CCCNCc1cc(S(=O)(=O)N2C(C)CCC2CC)c[nH]1. The molecule has 1 aliphatic rings. The Morgan fingerprint density at radius 3 is 2.81 bits per heavy atom. The molecule has 0 aromatic carbocycles. The third kappa shape index (κ3) is 3.49. The molecule has 2 atom stereocenters. The summed E-state index contributed by atoms with van der Waals surface area (Å²) in [6, 6.07) is 1.99. The zero-order chi connectivity index (χ0) is 15.5. The number of sulfonamides is 1. The van der Waals surface area contributed by atoms with Crippen LogP contribution in [0, 0.1) is 0 Å². The Bertz CT molecular complexity index is 553. The lowest BCUT2D eigenvalue weighted by atomic mass is 10.2. The van der Waals surface area contributed by atoms with E-state index in [1.807, 2.05) is 6.92 Å². The number of rotatable bonds is 7. The van der Waals surface area contributed by atoms with Crippen LogP contribution in [0.5, 0.6) is 0 Å². The predicted molar refractivity (Wildman–Crippen MR) is 84.6 cm³/mol. The van der Waals surface area contributed by atoms with Gasteiger partial charge in [-0.25, -0.2) is 8.42 Å². The minimum Gasteiger partial charge on any atom is -0.363 e. The molecule has 2 rings (SSSR count). The lowest BCUT2D eigenvalue weighted by Gasteiger charge is -2.26. The van der Waals surface area contributed by atoms with Crippen molar-refractivity contribution in [2.24, 2.45) is 0 Å². The van der Waals surface area contributed by atoms with Gasteiger partial charge < -0.3 is 10.3 Å². The first kappa shape index (κ1) is 16.5. The number of nitrogens with one attached hydrogen (secondary N) is 2. The molecule has 0 amide bonds. The van der Waals surface area contributed by atoms with Crippen LogP contribution in [0.4, 0.5) is 0 Å². The van der Waals surface area contributed by atoms with E-state index >= 15 is 0 Å². The molecule has 2 N–H and O–H groups in total. The smallest absolute Gasteiger partial charge is 0.245 e. The van der Waals surface area contributed by atoms with Gasteiger partial charge in [0.2, 0.25) is 10.0 Å². The molecule has 1 saturated heterocycles. The quantitative estimate of drug-likeness (QED) is 0.760. The van der Waals surface area contributed by atoms with Crippen LogP contribution in [0.25, 0.3) is 0 Å². The Kier molecular flexibility index (Phi) is 5.46. The van der Waals surface area contributed by atoms with Gasteiger partial charge in [-0.15, -0.1) is 0 Å². The van der Waals surface area contributed by atoms with Crippen LogP contribution in [-0.2, 0) is 16.6 Å². The predicted octanol–water partition coefficient (Wildman–Crippen LogP) is 2.47. The molecule has 2 unspecified atom stereocenters. The molecule has 1 fully saturated rings. The number of aromatic amines is 1. The van der Waals surface area contributed by atoms with Crippen LogP contribution >= 0.6 is 0 Å². The normalized spacial score (nSPS) is 23.8. The van der Waals surface area contributed by atoms with E-state index in [2.05, 4.69) is 24.1 Å². The zero-order valence-electron chi connectivity index (χ0n) is 13.2. The summed E-state index contributed by atoms with van der Waals surface area (Å²) in [7, 11) is -3.38. The van der Waals surface area contributed by atoms with E-state index in [4.69, 9.17) is 0 Å². The fourth-order valence-electron chi connectivity index (χ4n) is 3.06. The Labute approximate surface area is 128 Å². The lowest BCUT2D eigenvalue weighted by Crippen LogP contribution is -2.39. The van der Waals surface area contributed by atoms with Crippen molar-refractivity contribution >= 4 is 10.0 Å². The Balaban J connectivity index is 2.15. The monoisotopic (exact) mass is 313 g/mol. The molecule has 0 radical (unpaired) electrons. The number of hydrogen-bond acceptors (Lipinski definition) is 3. The maximum atomic E-state index is 12.8. The van der Waals surface area contributed by atoms with Crippen LogP contribution in [0.2, 0.25) is 0 Å². The second kappa shape index (κ2) is 6.94. The molecule has 1 aromatic rings. The van der Waals surface area contributed by atoms with Gasteiger partial charge in [0.1, 0.15) is 0 Å². The van der Waals surface area contributed by atoms with Crippen LogP contribution in [-0.4, -0.2) is 36.3 Å². The van der Waals surface area contributed by atoms with Crippen LogP contribution < -0.4 is 5.32 Å². The highest BCUT2D eigenvalue weighted by Gasteiger charge is 2.39. The molecular formula is C15H27N3O2S. The lowest BCUT2D eigenvalue weighted by molar-refractivity contribution is 0.329. The van der Waals surface area contributed by atoms with Crippen molar-refractivity contribution in [3.8, 4) is 0 Å². The van der Waals surface area contributed by atoms with Crippen LogP contribution in [0.1, 0.15) is 52.1 Å². The molecule has 0 spiro atoms. The van der Waals surface area contributed by atoms with Gasteiger partial charge in [-0.2, -0.15) is 4.31 Å². The fourth-order valence-corrected chi connectivity index (χ4v) is 5.03. The summed E-state index contributed by atoms with van der Waals surface area (Å²) in [4.78, 5) is 3.47. The first-order chi connectivity index (χ1) is 10.0. The van der Waals surface area contributed by atoms with Crippen molar-refractivity contribution in [1.29, 1.82) is 0 Å². The van der Waals surface area contributed by atoms with E-state index in [1.165, 1.54) is 0 Å². The first-order valence-corrected chi connectivity index (χ1v) is 9.36. The standard InChI is InChI=1S/C15H27N3O2S/c1-4-8-16-10-13-9-15(11-17-13)21(19,20)18-12(3)6-7-14(18)5-2/h9,11-12,14,16-17H,4-8,10H2,1-3H3. The molecule has 0 saturated carbocycles. The fraction of sp³-hybridized carbons (Fsp3) is 0.733. The number of aromatic nitrogens is 1. The first-order valence-electron chi connectivity index (χ1n) is 7.92. The third-order valence-electron chi connectivity index (χ3n) is 4.22. The highest BCUT2D eigenvalue weighted by atomic mass is 32.2. The maximum absolute atomic E-state index is 12.8. The average Bonchev–Trinajstić information content (AvgIpc) is 3.06. The average molecular weight is 313 g/mol. The number of nitrogens with zero attached hydrogens (tertiary/aromatic N) is 1. The van der Waals surface area contributed by atoms with Gasteiger partial charge in [0.15, 0.2) is 0 Å². The number of H-pyrrole nitrogens is 1. The van der Waals surface area contributed by atoms with E-state index in [1.54, 1.807) is 16.6 Å². The summed E-state index contributed by atoms with van der Waals surface area (Å²) in [6.45, 7) is 7.78. The van der Waals surface area contributed by atoms with Crippen molar-refractivity contribution < 1.29 is 8.42 Å². The highest BCUT2D eigenvalue weighted by Crippen LogP contribution is 2.32. The summed E-state index contributed by atoms with van der Waals surface area (Å²) in [5.74, 6) is 0. The van der Waals surface area contributed by atoms with Crippen molar-refractivity contribution in [2.45, 2.75) is 70.0 Å². The van der Waals surface area contributed by atoms with Gasteiger partial charge in [0.05, 0.1) is 4.90 Å². The molecule has 1 aliphatic heterocycles. The largest absolute Gasteiger partial charge is 0.363 e. The van der Waals surface area contributed by atoms with Gasteiger partial charge in [-0.1, -0.05) is 13.8 Å². The van der Waals surface area contributed by atoms with E-state index < -0.39 is 10.0 Å². The molecule has 6 heteroatoms. The Morgan fingerprint density at radius 2 is 2.14 bits per heavy atom. The van der Waals surface area contributed by atoms with Gasteiger partial charge >= 0.3 is 0 Å². The summed E-state index contributed by atoms with van der Waals surface area (Å²) in [5, 5.41) is 3.27. The second-order valence-electron chi connectivity index (χ2n) is 5.86. The van der Waals surface area contributed by atoms with Gasteiger partial charge in [-0.05, 0) is 45.2 Å². The third-order valence-corrected chi connectivity index (χ3v) is 6.26. The van der Waals surface area contributed by atoms with Gasteiger partial charge in [-0.3, -0.25) is 0 Å². The molecular weight excluding hydrogens is 286 g/mol. The number of hydrogen-bond donors (Lipinski definition) is 2. The van der Waals surface area contributed by atoms with Crippen molar-refractivity contribution in [1.82, 2.24) is 14.6 Å². The van der Waals surface area contributed by atoms with E-state index in [-0.39, 0.29) is 12.1 Å². The van der Waals surface area contributed by atoms with E-state index in [0.717, 1.165) is 37.9 Å². The summed E-state index contributed by atoms with van der Waals surface area (Å²) in [6.07, 6.45) is 5.48. The molecule has 1 aromatic heterocycles. The van der Waals surface area contributed by atoms with Gasteiger partial charge in [0, 0.05) is 30.5 Å². The molecule has 0 bridgehead atoms. The molecule has 2 heterocycles. The van der Waals surface area contributed by atoms with Crippen LogP contribution in [0.3, 0.4) is 0 Å². The van der Waals surface area contributed by atoms with Crippen molar-refractivity contribution in [3.63, 3.8) is 0 Å². The van der Waals surface area contributed by atoms with E-state index in [9.17, 15) is 8.42 Å².